The van der Waals surface area contributed by atoms with Crippen LogP contribution in [-0.4, -0.2) is 5.54 Å². The largest absolute Gasteiger partial charge is 0.455 e. The first-order chi connectivity index (χ1) is 19.8. The Bertz CT molecular complexity index is 1950. The van der Waals surface area contributed by atoms with Crippen LogP contribution in [0.1, 0.15) is 70.7 Å². The first-order valence-corrected chi connectivity index (χ1v) is 15.3. The average molecular weight is 556 g/mol. The van der Waals surface area contributed by atoms with Gasteiger partial charge in [0.05, 0.1) is 17.4 Å². The van der Waals surface area contributed by atoms with Crippen molar-refractivity contribution in [2.24, 2.45) is 18.4 Å². The third kappa shape index (κ3) is 4.72. The molecule has 0 saturated carbocycles. The molecule has 0 fully saturated rings. The topological polar surface area (TPSA) is 17.5 Å². The Morgan fingerprint density at radius 1 is 0.905 bits per heavy atom. The standard InChI is InChI=1S/C39H43N2O/c1-23(2)18-31-28-15-14-25(21-38(4,5)6)19-30(28)24(3)33-36-35-29(16-17-41(36)10)34-26(20-32(35)42-37(31)33)12-11-13-27(34)22-39(7,8)40-9/h11-17,19-20,23H,18,21-22H2,1-8,10H3/q+1. The molecule has 3 heteroatoms. The number of ether oxygens (including phenoxy) is 1. The van der Waals surface area contributed by atoms with Crippen molar-refractivity contribution in [1.82, 2.24) is 0 Å². The Balaban J connectivity index is 1.72. The number of nitrogens with zero attached hydrogens (tertiary/aromatic N) is 2. The molecule has 1 aliphatic heterocycles. The van der Waals surface area contributed by atoms with Crippen LogP contribution in [0.3, 0.4) is 0 Å². The SMILES string of the molecule is [C-]#[N+]C(C)(C)Cc1cccc2cc3c4c([n+](C)ccc4c12)-c1c(c(CC(C)C)c2ccc(CC(C)(C)C)cc2c1C)O3. The molecule has 0 bridgehead atoms. The number of hydrogen-bond donors (Lipinski definition) is 0. The number of rotatable bonds is 5. The van der Waals surface area contributed by atoms with Gasteiger partial charge in [0.25, 0.3) is 0 Å². The minimum Gasteiger partial charge on any atom is -0.455 e. The molecule has 0 amide bonds. The lowest BCUT2D eigenvalue weighted by Gasteiger charge is -2.27. The Labute approximate surface area is 251 Å². The summed E-state index contributed by atoms with van der Waals surface area (Å²) >= 11 is 0. The molecule has 42 heavy (non-hydrogen) atoms. The maximum atomic E-state index is 7.76. The van der Waals surface area contributed by atoms with Crippen molar-refractivity contribution in [3.63, 3.8) is 0 Å². The van der Waals surface area contributed by atoms with Gasteiger partial charge in [-0.1, -0.05) is 71.0 Å². The molecule has 5 aromatic rings. The van der Waals surface area contributed by atoms with Gasteiger partial charge in [0.1, 0.15) is 18.5 Å². The van der Waals surface area contributed by atoms with Gasteiger partial charge in [-0.25, -0.2) is 11.1 Å². The molecule has 0 aliphatic carbocycles. The number of hydrogen-bond acceptors (Lipinski definition) is 1. The summed E-state index contributed by atoms with van der Waals surface area (Å²) in [6.45, 7) is 25.6. The van der Waals surface area contributed by atoms with Crippen LogP contribution < -0.4 is 9.30 Å². The molecule has 6 rings (SSSR count). The second-order valence-corrected chi connectivity index (χ2v) is 14.7. The highest BCUT2D eigenvalue weighted by atomic mass is 16.5. The Morgan fingerprint density at radius 3 is 2.36 bits per heavy atom. The van der Waals surface area contributed by atoms with E-state index in [0.29, 0.717) is 12.3 Å². The molecule has 3 nitrogen and oxygen atoms in total. The summed E-state index contributed by atoms with van der Waals surface area (Å²) in [6, 6.07) is 18.0. The van der Waals surface area contributed by atoms with Gasteiger partial charge in [0.15, 0.2) is 6.20 Å². The first-order valence-electron chi connectivity index (χ1n) is 15.3. The van der Waals surface area contributed by atoms with E-state index in [2.05, 4.69) is 113 Å². The van der Waals surface area contributed by atoms with Crippen molar-refractivity contribution in [3.05, 3.63) is 88.4 Å². The molecule has 214 valence electrons. The summed E-state index contributed by atoms with van der Waals surface area (Å²) in [6.07, 6.45) is 4.90. The van der Waals surface area contributed by atoms with E-state index in [0.717, 1.165) is 35.1 Å². The van der Waals surface area contributed by atoms with Gasteiger partial charge in [-0.15, -0.1) is 0 Å². The van der Waals surface area contributed by atoms with E-state index < -0.39 is 5.54 Å². The van der Waals surface area contributed by atoms with Crippen molar-refractivity contribution in [2.75, 3.05) is 0 Å². The molecular formula is C39H43N2O+. The van der Waals surface area contributed by atoms with Crippen LogP contribution in [0.2, 0.25) is 0 Å². The summed E-state index contributed by atoms with van der Waals surface area (Å²) < 4.78 is 9.32. The molecule has 0 N–H and O–H groups in total. The molecule has 2 heterocycles. The van der Waals surface area contributed by atoms with Crippen LogP contribution >= 0.6 is 0 Å². The Hall–Kier alpha value is -3.90. The monoisotopic (exact) mass is 555 g/mol. The van der Waals surface area contributed by atoms with Crippen LogP contribution in [-0.2, 0) is 26.3 Å². The zero-order valence-electron chi connectivity index (χ0n) is 26.7. The third-order valence-corrected chi connectivity index (χ3v) is 8.72. The fraction of sp³-hybridized carbons (Fsp3) is 0.385. The molecular weight excluding hydrogens is 512 g/mol. The summed E-state index contributed by atoms with van der Waals surface area (Å²) in [4.78, 5) is 3.93. The number of benzene rings is 4. The molecule has 0 saturated heterocycles. The quantitative estimate of drug-likeness (QED) is 0.118. The van der Waals surface area contributed by atoms with Crippen molar-refractivity contribution in [2.45, 2.75) is 80.2 Å². The van der Waals surface area contributed by atoms with Gasteiger partial charge in [-0.05, 0) is 75.4 Å². The number of aromatic nitrogens is 1. The molecule has 0 atom stereocenters. The minimum absolute atomic E-state index is 0.219. The molecule has 1 aliphatic rings. The van der Waals surface area contributed by atoms with E-state index >= 15 is 0 Å². The van der Waals surface area contributed by atoms with Crippen molar-refractivity contribution in [1.29, 1.82) is 0 Å². The van der Waals surface area contributed by atoms with Gasteiger partial charge in [-0.3, -0.25) is 0 Å². The van der Waals surface area contributed by atoms with Gasteiger partial charge in [0.2, 0.25) is 11.2 Å². The normalized spacial score (nSPS) is 13.1. The van der Waals surface area contributed by atoms with Crippen LogP contribution in [0.5, 0.6) is 11.5 Å². The molecule has 4 aromatic carbocycles. The molecule has 0 spiro atoms. The highest BCUT2D eigenvalue weighted by Crippen LogP contribution is 2.52. The van der Waals surface area contributed by atoms with Gasteiger partial charge in [-0.2, -0.15) is 0 Å². The lowest BCUT2D eigenvalue weighted by atomic mass is 9.83. The van der Waals surface area contributed by atoms with E-state index in [-0.39, 0.29) is 5.41 Å². The van der Waals surface area contributed by atoms with Gasteiger partial charge >= 0.3 is 0 Å². The Kier molecular flexibility index (Phi) is 6.61. The maximum absolute atomic E-state index is 7.76. The van der Waals surface area contributed by atoms with Crippen LogP contribution in [0, 0.1) is 24.8 Å². The highest BCUT2D eigenvalue weighted by Gasteiger charge is 2.34. The van der Waals surface area contributed by atoms with Crippen LogP contribution in [0.15, 0.2) is 54.7 Å². The minimum atomic E-state index is -0.465. The smallest absolute Gasteiger partial charge is 0.231 e. The fourth-order valence-electron chi connectivity index (χ4n) is 7.01. The highest BCUT2D eigenvalue weighted by molar-refractivity contribution is 6.17. The van der Waals surface area contributed by atoms with Crippen molar-refractivity contribution in [3.8, 4) is 22.8 Å². The van der Waals surface area contributed by atoms with Crippen LogP contribution in [0.4, 0.5) is 0 Å². The van der Waals surface area contributed by atoms with Gasteiger partial charge < -0.3 is 9.58 Å². The summed E-state index contributed by atoms with van der Waals surface area (Å²) in [5, 5.41) is 7.39. The van der Waals surface area contributed by atoms with E-state index in [1.807, 2.05) is 13.8 Å². The second-order valence-electron chi connectivity index (χ2n) is 14.7. The summed E-state index contributed by atoms with van der Waals surface area (Å²) in [5.41, 5.74) is 7.36. The molecule has 0 unspecified atom stereocenters. The predicted molar refractivity (Wildman–Crippen MR) is 176 cm³/mol. The van der Waals surface area contributed by atoms with Gasteiger partial charge in [0, 0.05) is 30.9 Å². The number of fused-ring (bicyclic) bond motifs is 5. The van der Waals surface area contributed by atoms with Crippen LogP contribution in [0.25, 0.3) is 48.4 Å². The fourth-order valence-corrected chi connectivity index (χ4v) is 7.01. The van der Waals surface area contributed by atoms with Crippen molar-refractivity contribution >= 4 is 32.3 Å². The van der Waals surface area contributed by atoms with E-state index in [9.17, 15) is 0 Å². The van der Waals surface area contributed by atoms with E-state index in [1.165, 1.54) is 55.1 Å². The first kappa shape index (κ1) is 28.2. The molecule has 1 aromatic heterocycles. The lowest BCUT2D eigenvalue weighted by Crippen LogP contribution is -2.32. The second kappa shape index (κ2) is 9.84. The molecule has 0 radical (unpaired) electrons. The summed E-state index contributed by atoms with van der Waals surface area (Å²) in [5.74, 6) is 2.43. The van der Waals surface area contributed by atoms with E-state index in [1.54, 1.807) is 0 Å². The summed E-state index contributed by atoms with van der Waals surface area (Å²) in [7, 11) is 2.16. The third-order valence-electron chi connectivity index (χ3n) is 8.72. The number of aryl methyl sites for hydroxylation is 2. The van der Waals surface area contributed by atoms with Crippen molar-refractivity contribution < 1.29 is 9.30 Å². The zero-order valence-corrected chi connectivity index (χ0v) is 26.7. The lowest BCUT2D eigenvalue weighted by molar-refractivity contribution is -0.659. The number of pyridine rings is 1. The maximum Gasteiger partial charge on any atom is 0.231 e. The Morgan fingerprint density at radius 2 is 1.67 bits per heavy atom. The zero-order chi connectivity index (χ0) is 30.1. The average Bonchev–Trinajstić information content (AvgIpc) is 2.91. The predicted octanol–water partition coefficient (Wildman–Crippen LogP) is 10.1. The van der Waals surface area contributed by atoms with E-state index in [4.69, 9.17) is 11.3 Å².